The van der Waals surface area contributed by atoms with Crippen molar-refractivity contribution >= 4 is 50.3 Å². The minimum Gasteiger partial charge on any atom is -0.354 e. The molecule has 1 aromatic carbocycles. The first-order valence-electron chi connectivity index (χ1n) is 5.59. The zero-order chi connectivity index (χ0) is 13.1. The SMILES string of the molecule is O=C1CCN(C(=O)c2cc(I)ccc2Br)CCN1. The van der Waals surface area contributed by atoms with E-state index >= 15 is 0 Å². The largest absolute Gasteiger partial charge is 0.354 e. The van der Waals surface area contributed by atoms with Gasteiger partial charge in [-0.2, -0.15) is 0 Å². The number of rotatable bonds is 1. The zero-order valence-electron chi connectivity index (χ0n) is 9.58. The van der Waals surface area contributed by atoms with Crippen molar-refractivity contribution in [2.24, 2.45) is 0 Å². The van der Waals surface area contributed by atoms with Crippen LogP contribution in [0.1, 0.15) is 16.8 Å². The third-order valence-corrected chi connectivity index (χ3v) is 4.12. The van der Waals surface area contributed by atoms with Crippen LogP contribution in [-0.2, 0) is 4.79 Å². The van der Waals surface area contributed by atoms with E-state index in [4.69, 9.17) is 0 Å². The van der Waals surface area contributed by atoms with Crippen LogP contribution in [0, 0.1) is 3.57 Å². The van der Waals surface area contributed by atoms with Crippen LogP contribution in [0.3, 0.4) is 0 Å². The van der Waals surface area contributed by atoms with Gasteiger partial charge in [-0.1, -0.05) is 0 Å². The summed E-state index contributed by atoms with van der Waals surface area (Å²) in [5.41, 5.74) is 0.649. The van der Waals surface area contributed by atoms with Crippen LogP contribution in [0.5, 0.6) is 0 Å². The molecule has 0 aromatic heterocycles. The van der Waals surface area contributed by atoms with Crippen molar-refractivity contribution in [2.45, 2.75) is 6.42 Å². The first-order valence-corrected chi connectivity index (χ1v) is 7.46. The van der Waals surface area contributed by atoms with E-state index < -0.39 is 0 Å². The molecule has 4 nitrogen and oxygen atoms in total. The Balaban J connectivity index is 2.19. The van der Waals surface area contributed by atoms with E-state index in [1.54, 1.807) is 4.90 Å². The molecule has 6 heteroatoms. The quantitative estimate of drug-likeness (QED) is 0.704. The van der Waals surface area contributed by atoms with Crippen LogP contribution in [-0.4, -0.2) is 36.3 Å². The highest BCUT2D eigenvalue weighted by atomic mass is 127. The molecule has 18 heavy (non-hydrogen) atoms. The summed E-state index contributed by atoms with van der Waals surface area (Å²) in [5, 5.41) is 2.76. The molecule has 1 N–H and O–H groups in total. The number of carbonyl (C=O) groups is 2. The molecule has 0 atom stereocenters. The third kappa shape index (κ3) is 3.23. The monoisotopic (exact) mass is 422 g/mol. The predicted octanol–water partition coefficient (Wildman–Crippen LogP) is 2.02. The summed E-state index contributed by atoms with van der Waals surface area (Å²) in [5.74, 6) is -0.0242. The molecule has 2 amide bonds. The number of amides is 2. The molecular formula is C12H12BrIN2O2. The van der Waals surface area contributed by atoms with Gasteiger partial charge in [0.05, 0.1) is 5.56 Å². The molecule has 1 heterocycles. The lowest BCUT2D eigenvalue weighted by molar-refractivity contribution is -0.120. The molecule has 0 saturated carbocycles. The molecule has 96 valence electrons. The van der Waals surface area contributed by atoms with Crippen LogP contribution in [0.25, 0.3) is 0 Å². The molecule has 1 aromatic rings. The minimum absolute atomic E-state index is 0.00649. The van der Waals surface area contributed by atoms with Crippen molar-refractivity contribution in [1.29, 1.82) is 0 Å². The lowest BCUT2D eigenvalue weighted by Crippen LogP contribution is -2.34. The van der Waals surface area contributed by atoms with E-state index in [0.717, 1.165) is 8.04 Å². The Kier molecular flexibility index (Phi) is 4.60. The van der Waals surface area contributed by atoms with Crippen LogP contribution < -0.4 is 5.32 Å². The van der Waals surface area contributed by atoms with Crippen molar-refractivity contribution in [3.05, 3.63) is 31.8 Å². The Morgan fingerprint density at radius 2 is 2.17 bits per heavy atom. The van der Waals surface area contributed by atoms with Gasteiger partial charge in [0.25, 0.3) is 5.91 Å². The van der Waals surface area contributed by atoms with E-state index in [1.807, 2.05) is 18.2 Å². The van der Waals surface area contributed by atoms with Gasteiger partial charge in [-0.15, -0.1) is 0 Å². The molecule has 0 unspecified atom stereocenters. The van der Waals surface area contributed by atoms with Gasteiger partial charge in [0.1, 0.15) is 0 Å². The second-order valence-electron chi connectivity index (χ2n) is 4.02. The van der Waals surface area contributed by atoms with Crippen molar-refractivity contribution in [3.8, 4) is 0 Å². The predicted molar refractivity (Wildman–Crippen MR) is 80.4 cm³/mol. The Morgan fingerprint density at radius 3 is 2.94 bits per heavy atom. The van der Waals surface area contributed by atoms with Crippen LogP contribution in [0.15, 0.2) is 22.7 Å². The summed E-state index contributed by atoms with van der Waals surface area (Å²) in [7, 11) is 0. The first-order chi connectivity index (χ1) is 8.58. The number of halogens is 2. The summed E-state index contributed by atoms with van der Waals surface area (Å²) in [6.45, 7) is 1.55. The average molecular weight is 423 g/mol. The van der Waals surface area contributed by atoms with Crippen LogP contribution >= 0.6 is 38.5 Å². The summed E-state index contributed by atoms with van der Waals surface area (Å²) < 4.78 is 1.81. The van der Waals surface area contributed by atoms with Gasteiger partial charge in [-0.3, -0.25) is 9.59 Å². The van der Waals surface area contributed by atoms with Crippen LogP contribution in [0.4, 0.5) is 0 Å². The normalized spacial score (nSPS) is 16.1. The fourth-order valence-corrected chi connectivity index (χ4v) is 2.71. The first kappa shape index (κ1) is 13.8. The van der Waals surface area contributed by atoms with Gasteiger partial charge in [0.2, 0.25) is 5.91 Å². The second-order valence-corrected chi connectivity index (χ2v) is 6.12. The average Bonchev–Trinajstić information content (AvgIpc) is 2.56. The fourth-order valence-electron chi connectivity index (χ4n) is 1.80. The molecule has 0 spiro atoms. The van der Waals surface area contributed by atoms with E-state index in [2.05, 4.69) is 43.8 Å². The Hall–Kier alpha value is -0.630. The second kappa shape index (κ2) is 6.01. The van der Waals surface area contributed by atoms with Crippen molar-refractivity contribution in [3.63, 3.8) is 0 Å². The standard InChI is InChI=1S/C12H12BrIN2O2/c13-10-2-1-8(14)7-9(10)12(18)16-5-3-11(17)15-4-6-16/h1-2,7H,3-6H2,(H,15,17). The van der Waals surface area contributed by atoms with Gasteiger partial charge >= 0.3 is 0 Å². The van der Waals surface area contributed by atoms with Gasteiger partial charge in [-0.25, -0.2) is 0 Å². The molecule has 0 bridgehead atoms. The molecule has 1 aliphatic heterocycles. The zero-order valence-corrected chi connectivity index (χ0v) is 13.3. The number of hydrogen-bond donors (Lipinski definition) is 1. The maximum Gasteiger partial charge on any atom is 0.255 e. The molecule has 1 aliphatic rings. The number of nitrogens with one attached hydrogen (secondary N) is 1. The van der Waals surface area contributed by atoms with Crippen LogP contribution in [0.2, 0.25) is 0 Å². The van der Waals surface area contributed by atoms with E-state index in [9.17, 15) is 9.59 Å². The van der Waals surface area contributed by atoms with Crippen molar-refractivity contribution < 1.29 is 9.59 Å². The summed E-state index contributed by atoms with van der Waals surface area (Å²) in [6.07, 6.45) is 0.368. The van der Waals surface area contributed by atoms with Gasteiger partial charge in [0, 0.05) is 34.1 Å². The van der Waals surface area contributed by atoms with E-state index in [-0.39, 0.29) is 11.8 Å². The smallest absolute Gasteiger partial charge is 0.255 e. The molecule has 0 aliphatic carbocycles. The van der Waals surface area contributed by atoms with E-state index in [0.29, 0.717) is 31.6 Å². The number of carbonyl (C=O) groups excluding carboxylic acids is 2. The minimum atomic E-state index is -0.0307. The number of benzene rings is 1. The molecule has 1 fully saturated rings. The highest BCUT2D eigenvalue weighted by molar-refractivity contribution is 14.1. The maximum atomic E-state index is 12.4. The summed E-state index contributed by atoms with van der Waals surface area (Å²) in [6, 6.07) is 5.66. The van der Waals surface area contributed by atoms with Gasteiger partial charge in [-0.05, 0) is 56.7 Å². The number of nitrogens with zero attached hydrogens (tertiary/aromatic N) is 1. The fraction of sp³-hybridized carbons (Fsp3) is 0.333. The van der Waals surface area contributed by atoms with Crippen molar-refractivity contribution in [2.75, 3.05) is 19.6 Å². The highest BCUT2D eigenvalue weighted by Gasteiger charge is 2.21. The maximum absolute atomic E-state index is 12.4. The molecule has 2 rings (SSSR count). The van der Waals surface area contributed by atoms with Gasteiger partial charge in [0.15, 0.2) is 0 Å². The Labute approximate surface area is 127 Å². The van der Waals surface area contributed by atoms with Gasteiger partial charge < -0.3 is 10.2 Å². The number of hydrogen-bond acceptors (Lipinski definition) is 2. The van der Waals surface area contributed by atoms with Crippen molar-refractivity contribution in [1.82, 2.24) is 10.2 Å². The molecule has 0 radical (unpaired) electrons. The molecule has 1 saturated heterocycles. The highest BCUT2D eigenvalue weighted by Crippen LogP contribution is 2.21. The third-order valence-electron chi connectivity index (χ3n) is 2.76. The summed E-state index contributed by atoms with van der Waals surface area (Å²) in [4.78, 5) is 25.4. The lowest BCUT2D eigenvalue weighted by Gasteiger charge is -2.20. The Morgan fingerprint density at radius 1 is 1.39 bits per heavy atom. The van der Waals surface area contributed by atoms with E-state index in [1.165, 1.54) is 0 Å². The summed E-state index contributed by atoms with van der Waals surface area (Å²) >= 11 is 5.57. The Bertz CT molecular complexity index is 493. The lowest BCUT2D eigenvalue weighted by atomic mass is 10.2. The topological polar surface area (TPSA) is 49.4 Å². The molecular weight excluding hydrogens is 411 g/mol.